The highest BCUT2D eigenvalue weighted by Crippen LogP contribution is 2.40. The van der Waals surface area contributed by atoms with Crippen LogP contribution in [0, 0.1) is 16.7 Å². The van der Waals surface area contributed by atoms with E-state index in [2.05, 4.69) is 45.4 Å². The Kier molecular flexibility index (Phi) is 3.55. The number of rotatable bonds is 1. The van der Waals surface area contributed by atoms with Crippen LogP contribution in [0.4, 0.5) is 0 Å². The summed E-state index contributed by atoms with van der Waals surface area (Å²) in [6.07, 6.45) is 3.10. The molecule has 0 spiro atoms. The molecule has 1 aliphatic carbocycles. The quantitative estimate of drug-likeness (QED) is 0.595. The Balaban J connectivity index is 2.07. The van der Waals surface area contributed by atoms with E-state index in [1.54, 1.807) is 12.3 Å². The smallest absolute Gasteiger partial charge is 0.165 e. The van der Waals surface area contributed by atoms with Crippen LogP contribution in [0.1, 0.15) is 41.9 Å². The number of carbonyl (C=O) groups is 1. The van der Waals surface area contributed by atoms with Gasteiger partial charge in [0.05, 0.1) is 5.56 Å². The molecule has 2 heterocycles. The van der Waals surface area contributed by atoms with Crippen molar-refractivity contribution in [1.29, 1.82) is 5.26 Å². The number of nitriles is 1. The van der Waals surface area contributed by atoms with E-state index in [9.17, 15) is 4.79 Å². The Labute approximate surface area is 154 Å². The van der Waals surface area contributed by atoms with E-state index in [0.29, 0.717) is 12.0 Å². The fraction of sp³-hybridized carbons (Fsp3) is 0.250. The lowest BCUT2D eigenvalue weighted by Crippen LogP contribution is -2.27. The molecule has 0 N–H and O–H groups in total. The number of nitrogens with zero attached hydrogens (tertiary/aromatic N) is 3. The second-order valence-electron chi connectivity index (χ2n) is 7.25. The van der Waals surface area contributed by atoms with E-state index < -0.39 is 0 Å². The van der Waals surface area contributed by atoms with Gasteiger partial charge in [0.25, 0.3) is 0 Å². The largest absolute Gasteiger partial charge is 0.298 e. The summed E-state index contributed by atoms with van der Waals surface area (Å²) in [5.74, 6) is 0.177. The van der Waals surface area contributed by atoms with Crippen molar-refractivity contribution in [2.45, 2.75) is 26.7 Å². The summed E-state index contributed by atoms with van der Waals surface area (Å²) in [6.45, 7) is 4.25. The molecule has 3 aromatic rings. The van der Waals surface area contributed by atoms with Gasteiger partial charge in [0.2, 0.25) is 0 Å². The normalized spacial score (nSPS) is 15.8. The molecule has 0 unspecified atom stereocenters. The van der Waals surface area contributed by atoms with Gasteiger partial charge >= 0.3 is 0 Å². The van der Waals surface area contributed by atoms with Crippen LogP contribution in [-0.4, -0.2) is 15.3 Å². The highest BCUT2D eigenvalue weighted by Gasteiger charge is 2.36. The third kappa shape index (κ3) is 2.49. The third-order valence-corrected chi connectivity index (χ3v) is 5.38. The summed E-state index contributed by atoms with van der Waals surface area (Å²) in [5, 5.41) is 10.1. The van der Waals surface area contributed by atoms with Crippen molar-refractivity contribution >= 4 is 32.7 Å². The fourth-order valence-electron chi connectivity index (χ4n) is 3.69. The van der Waals surface area contributed by atoms with Crippen LogP contribution in [-0.2, 0) is 6.42 Å². The number of pyridine rings is 1. The molecule has 0 aliphatic heterocycles. The Bertz CT molecular complexity index is 1070. The summed E-state index contributed by atoms with van der Waals surface area (Å²) in [7, 11) is 0. The number of hydrogen-bond acceptors (Lipinski definition) is 3. The third-order valence-electron chi connectivity index (χ3n) is 4.72. The minimum atomic E-state index is -0.0833. The zero-order chi connectivity index (χ0) is 17.8. The van der Waals surface area contributed by atoms with E-state index in [4.69, 9.17) is 5.26 Å². The molecule has 1 aliphatic rings. The topological polar surface area (TPSA) is 58.7 Å². The minimum absolute atomic E-state index is 0.0833. The SMILES string of the molecule is CC1(C)CC(=O)c2c(n(-c3ccc(C#N)c(Br)c3)c3ncccc23)C1. The van der Waals surface area contributed by atoms with Crippen molar-refractivity contribution in [3.63, 3.8) is 0 Å². The van der Waals surface area contributed by atoms with E-state index >= 15 is 0 Å². The zero-order valence-corrected chi connectivity index (χ0v) is 15.6. The van der Waals surface area contributed by atoms with Gasteiger partial charge in [0.1, 0.15) is 11.7 Å². The molecule has 0 bridgehead atoms. The number of hydrogen-bond donors (Lipinski definition) is 0. The first-order valence-corrected chi connectivity index (χ1v) is 8.92. The van der Waals surface area contributed by atoms with Gasteiger partial charge in [-0.05, 0) is 58.1 Å². The number of halogens is 1. The van der Waals surface area contributed by atoms with Gasteiger partial charge in [-0.15, -0.1) is 0 Å². The maximum absolute atomic E-state index is 12.8. The molecule has 124 valence electrons. The maximum atomic E-state index is 12.8. The maximum Gasteiger partial charge on any atom is 0.165 e. The number of aromatic nitrogens is 2. The molecule has 25 heavy (non-hydrogen) atoms. The van der Waals surface area contributed by atoms with Gasteiger partial charge in [0.15, 0.2) is 5.78 Å². The number of ketones is 1. The van der Waals surface area contributed by atoms with E-state index in [1.165, 1.54) is 0 Å². The monoisotopic (exact) mass is 393 g/mol. The molecular weight excluding hydrogens is 378 g/mol. The fourth-order valence-corrected chi connectivity index (χ4v) is 4.15. The van der Waals surface area contributed by atoms with Crippen LogP contribution in [0.2, 0.25) is 0 Å². The first kappa shape index (κ1) is 16.0. The molecule has 0 amide bonds. The molecule has 0 saturated heterocycles. The molecule has 2 aromatic heterocycles. The average Bonchev–Trinajstić information content (AvgIpc) is 2.87. The lowest BCUT2D eigenvalue weighted by molar-refractivity contribution is 0.0912. The van der Waals surface area contributed by atoms with Crippen LogP contribution in [0.25, 0.3) is 16.7 Å². The molecule has 4 rings (SSSR count). The molecule has 1 aromatic carbocycles. The van der Waals surface area contributed by atoms with Crippen molar-refractivity contribution in [2.24, 2.45) is 5.41 Å². The van der Waals surface area contributed by atoms with Gasteiger partial charge in [-0.1, -0.05) is 13.8 Å². The lowest BCUT2D eigenvalue weighted by atomic mass is 9.76. The van der Waals surface area contributed by atoms with Crippen LogP contribution < -0.4 is 0 Å². The van der Waals surface area contributed by atoms with Crippen LogP contribution >= 0.6 is 15.9 Å². The van der Waals surface area contributed by atoms with E-state index in [-0.39, 0.29) is 11.2 Å². The standard InChI is InChI=1S/C20H16BrN3O/c1-20(2)9-16-18(17(25)10-20)14-4-3-7-23-19(14)24(16)13-6-5-12(11-22)15(21)8-13/h3-8H,9-10H2,1-2H3. The van der Waals surface area contributed by atoms with E-state index in [0.717, 1.165) is 38.9 Å². The summed E-state index contributed by atoms with van der Waals surface area (Å²) in [5.41, 5.74) is 3.99. The highest BCUT2D eigenvalue weighted by atomic mass is 79.9. The molecule has 0 atom stereocenters. The Morgan fingerprint density at radius 3 is 2.80 bits per heavy atom. The van der Waals surface area contributed by atoms with Crippen molar-refractivity contribution in [3.8, 4) is 11.8 Å². The predicted octanol–water partition coefficient (Wildman–Crippen LogP) is 4.81. The van der Waals surface area contributed by atoms with Crippen molar-refractivity contribution < 1.29 is 4.79 Å². The van der Waals surface area contributed by atoms with Crippen LogP contribution in [0.15, 0.2) is 41.0 Å². The molecule has 4 nitrogen and oxygen atoms in total. The van der Waals surface area contributed by atoms with Crippen molar-refractivity contribution in [2.75, 3.05) is 0 Å². The number of Topliss-reactive ketones (excluding diaryl/α,β-unsaturated/α-hetero) is 1. The van der Waals surface area contributed by atoms with Crippen LogP contribution in [0.5, 0.6) is 0 Å². The zero-order valence-electron chi connectivity index (χ0n) is 14.0. The van der Waals surface area contributed by atoms with Crippen molar-refractivity contribution in [3.05, 3.63) is 57.8 Å². The van der Waals surface area contributed by atoms with Gasteiger partial charge in [-0.2, -0.15) is 5.26 Å². The summed E-state index contributed by atoms with van der Waals surface area (Å²) in [6, 6.07) is 11.6. The molecule has 5 heteroatoms. The Morgan fingerprint density at radius 2 is 2.08 bits per heavy atom. The van der Waals surface area contributed by atoms with Gasteiger partial charge in [0, 0.05) is 39.4 Å². The average molecular weight is 394 g/mol. The summed E-state index contributed by atoms with van der Waals surface area (Å²) < 4.78 is 2.80. The number of fused-ring (bicyclic) bond motifs is 3. The predicted molar refractivity (Wildman–Crippen MR) is 99.9 cm³/mol. The van der Waals surface area contributed by atoms with Gasteiger partial charge in [-0.3, -0.25) is 9.36 Å². The molecular formula is C20H16BrN3O. The summed E-state index contributed by atoms with van der Waals surface area (Å²) >= 11 is 3.46. The van der Waals surface area contributed by atoms with Crippen LogP contribution in [0.3, 0.4) is 0 Å². The second-order valence-corrected chi connectivity index (χ2v) is 8.10. The highest BCUT2D eigenvalue weighted by molar-refractivity contribution is 9.10. The molecule has 0 fully saturated rings. The van der Waals surface area contributed by atoms with Crippen molar-refractivity contribution in [1.82, 2.24) is 9.55 Å². The van der Waals surface area contributed by atoms with Gasteiger partial charge < -0.3 is 0 Å². The second kappa shape index (κ2) is 5.53. The Hall–Kier alpha value is -2.45. The number of carbonyl (C=O) groups excluding carboxylic acids is 1. The Morgan fingerprint density at radius 1 is 1.28 bits per heavy atom. The molecule has 0 saturated carbocycles. The first-order chi connectivity index (χ1) is 11.9. The van der Waals surface area contributed by atoms with E-state index in [1.807, 2.05) is 24.3 Å². The number of benzene rings is 1. The van der Waals surface area contributed by atoms with Gasteiger partial charge in [-0.25, -0.2) is 4.98 Å². The minimum Gasteiger partial charge on any atom is -0.298 e. The summed E-state index contributed by atoms with van der Waals surface area (Å²) in [4.78, 5) is 17.4. The molecule has 0 radical (unpaired) electrons. The first-order valence-electron chi connectivity index (χ1n) is 8.13. The lowest BCUT2D eigenvalue weighted by Gasteiger charge is -2.29.